The molecule has 0 radical (unpaired) electrons. The fourth-order valence-electron chi connectivity index (χ4n) is 15.4. The van der Waals surface area contributed by atoms with Crippen molar-refractivity contribution in [1.29, 1.82) is 0 Å². The number of nitrogens with two attached hydrogens (primary N) is 2. The van der Waals surface area contributed by atoms with Crippen molar-refractivity contribution in [2.24, 2.45) is 57.6 Å². The second kappa shape index (κ2) is 24.6. The first kappa shape index (κ1) is 61.4. The van der Waals surface area contributed by atoms with E-state index >= 15 is 0 Å². The van der Waals surface area contributed by atoms with E-state index in [0.717, 1.165) is 111 Å². The van der Waals surface area contributed by atoms with Crippen LogP contribution < -0.4 is 29.6 Å². The van der Waals surface area contributed by atoms with E-state index in [4.69, 9.17) is 43.0 Å². The Morgan fingerprint density at radius 2 is 1.00 bits per heavy atom. The van der Waals surface area contributed by atoms with Crippen LogP contribution in [0.3, 0.4) is 0 Å². The van der Waals surface area contributed by atoms with Crippen molar-refractivity contribution in [3.8, 4) is 11.5 Å². The van der Waals surface area contributed by atoms with Crippen molar-refractivity contribution >= 4 is 66.6 Å². The van der Waals surface area contributed by atoms with E-state index in [1.54, 1.807) is 36.4 Å². The highest BCUT2D eigenvalue weighted by Crippen LogP contribution is 2.55. The van der Waals surface area contributed by atoms with Gasteiger partial charge in [0, 0.05) is 47.1 Å². The highest BCUT2D eigenvalue weighted by molar-refractivity contribution is 7.89. The first-order valence-corrected chi connectivity index (χ1v) is 33.7. The molecule has 4 fully saturated rings. The van der Waals surface area contributed by atoms with Crippen molar-refractivity contribution in [2.75, 3.05) is 60.7 Å². The molecule has 0 bridgehead atoms. The van der Waals surface area contributed by atoms with Gasteiger partial charge in [0.25, 0.3) is 0 Å². The third-order valence-electron chi connectivity index (χ3n) is 20.1. The summed E-state index contributed by atoms with van der Waals surface area (Å²) in [7, 11) is -6.91. The molecule has 0 saturated heterocycles. The third kappa shape index (κ3) is 13.6. The number of sulfonamides is 2. The molecule has 452 valence electrons. The molecular formula is C63H82Cl2N4O12S2. The zero-order valence-electron chi connectivity index (χ0n) is 46.3. The fraction of sp³-hybridized carbons (Fsp3) is 0.587. The third-order valence-corrected chi connectivity index (χ3v) is 22.3. The summed E-state index contributed by atoms with van der Waals surface area (Å²) in [5.41, 5.74) is 6.60. The summed E-state index contributed by atoms with van der Waals surface area (Å²) in [6.45, 7) is 3.86. The number of hydrogen-bond donors (Lipinski definition) is 6. The number of primary sulfonamides is 2. The molecule has 12 atom stereocenters. The van der Waals surface area contributed by atoms with Crippen LogP contribution in [-0.2, 0) is 43.7 Å². The van der Waals surface area contributed by atoms with Gasteiger partial charge in [-0.1, -0.05) is 42.8 Å². The SMILES string of the molecule is C.NS(=O)(=O)CCC[C@@H]1C[C@H]1[C@H](O)[C@@H]1CC[C@H]1CN1C[C@@]2(CCCc3cc(Cl)ccc32)COc2ccc(C(=O)O)cc21.NS(=O)(=O)CCC[C@H]1C[C@@H]1[C@H](O)[C@@H]1CC[C@H]1CN1C[C@@]2(CCCc3cc(Cl)ccc32)COc2ccc(C(=O)O)cc21. The molecule has 4 aromatic rings. The van der Waals surface area contributed by atoms with Crippen molar-refractivity contribution in [3.05, 3.63) is 116 Å². The van der Waals surface area contributed by atoms with Crippen molar-refractivity contribution in [3.63, 3.8) is 0 Å². The highest BCUT2D eigenvalue weighted by Gasteiger charge is 2.52. The number of ether oxygens (including phenoxy) is 2. The topological polar surface area (TPSA) is 260 Å². The average molecular weight is 1220 g/mol. The fourth-order valence-corrected chi connectivity index (χ4v) is 16.9. The number of aromatic carboxylic acids is 2. The zero-order chi connectivity index (χ0) is 57.9. The van der Waals surface area contributed by atoms with E-state index in [1.807, 2.05) is 12.1 Å². The molecular weight excluding hydrogens is 1140 g/mol. The minimum absolute atomic E-state index is 0. The largest absolute Gasteiger partial charge is 0.490 e. The summed E-state index contributed by atoms with van der Waals surface area (Å²) in [5, 5.41) is 53.9. The minimum Gasteiger partial charge on any atom is -0.490 e. The summed E-state index contributed by atoms with van der Waals surface area (Å²) in [6.07, 6.45) is 13.6. The maximum Gasteiger partial charge on any atom is 0.335 e. The number of anilines is 2. The molecule has 2 spiro atoms. The Balaban J connectivity index is 0.000000183. The lowest BCUT2D eigenvalue weighted by molar-refractivity contribution is -0.00196. The average Bonchev–Trinajstić information content (AvgIpc) is 4.09. The van der Waals surface area contributed by atoms with E-state index in [1.165, 1.54) is 22.3 Å². The van der Waals surface area contributed by atoms with Crippen molar-refractivity contribution < 1.29 is 56.3 Å². The van der Waals surface area contributed by atoms with E-state index in [9.17, 15) is 46.9 Å². The predicted octanol–water partition coefficient (Wildman–Crippen LogP) is 9.84. The molecule has 83 heavy (non-hydrogen) atoms. The Morgan fingerprint density at radius 3 is 1.36 bits per heavy atom. The standard InChI is InChI=1S/2C31H39ClN2O6S.CH4/c2*32-23-7-9-26-20(13-23)3-1-11-31(26)17-34(27-15-21(30(36)37)6-10-28(27)40-18-31)16-22-5-8-24(22)29(35)25-14-19(25)4-2-12-41(33,38)39;/h2*6-7,9-10,13,15,19,22,24-25,29,35H,1-5,8,11-12,14,16-18H2,(H,36,37)(H2,33,38,39);1H4/t19-,22+,24-,25-,29-,31+;19-,22-,24+,25-,29+,31-;/m10./s1. The zero-order valence-corrected chi connectivity index (χ0v) is 49.5. The van der Waals surface area contributed by atoms with Gasteiger partial charge >= 0.3 is 11.9 Å². The molecule has 2 heterocycles. The van der Waals surface area contributed by atoms with Gasteiger partial charge in [0.2, 0.25) is 20.0 Å². The Kier molecular flexibility index (Phi) is 18.2. The van der Waals surface area contributed by atoms with E-state index in [-0.39, 0.29) is 76.4 Å². The summed E-state index contributed by atoms with van der Waals surface area (Å²) >= 11 is 12.7. The molecule has 0 aromatic heterocycles. The van der Waals surface area contributed by atoms with Crippen LogP contribution in [0.25, 0.3) is 0 Å². The van der Waals surface area contributed by atoms with Gasteiger partial charge in [-0.3, -0.25) is 0 Å². The van der Waals surface area contributed by atoms with Crippen molar-refractivity contribution in [1.82, 2.24) is 0 Å². The monoisotopic (exact) mass is 1220 g/mol. The van der Waals surface area contributed by atoms with Crippen LogP contribution in [0.1, 0.15) is 140 Å². The van der Waals surface area contributed by atoms with Gasteiger partial charge in [0.15, 0.2) is 0 Å². The molecule has 2 aliphatic heterocycles. The van der Waals surface area contributed by atoms with E-state index in [2.05, 4.69) is 34.1 Å². The molecule has 8 aliphatic rings. The number of aliphatic hydroxyl groups excluding tert-OH is 2. The van der Waals surface area contributed by atoms with E-state index < -0.39 is 44.2 Å². The van der Waals surface area contributed by atoms with Crippen molar-refractivity contribution in [2.45, 2.75) is 133 Å². The molecule has 16 nitrogen and oxygen atoms in total. The molecule has 6 aliphatic carbocycles. The second-order valence-electron chi connectivity index (χ2n) is 25.5. The molecule has 4 aromatic carbocycles. The van der Waals surface area contributed by atoms with Gasteiger partial charge in [-0.05, 0) is 233 Å². The van der Waals surface area contributed by atoms with E-state index in [0.29, 0.717) is 75.6 Å². The molecule has 20 heteroatoms. The van der Waals surface area contributed by atoms with Gasteiger partial charge in [0.1, 0.15) is 11.5 Å². The number of carbonyl (C=O) groups is 2. The molecule has 8 N–H and O–H groups in total. The maximum atomic E-state index is 11.9. The Bertz CT molecular complexity index is 3080. The Morgan fingerprint density at radius 1 is 0.590 bits per heavy atom. The number of aryl methyl sites for hydroxylation is 2. The smallest absolute Gasteiger partial charge is 0.335 e. The Labute approximate surface area is 499 Å². The predicted molar refractivity (Wildman–Crippen MR) is 323 cm³/mol. The number of carboxylic acid groups (broad SMARTS) is 2. The normalized spacial score (nSPS) is 29.1. The van der Waals surface area contributed by atoms with Crippen LogP contribution >= 0.6 is 23.2 Å². The molecule has 4 saturated carbocycles. The first-order valence-electron chi connectivity index (χ1n) is 29.5. The number of rotatable bonds is 18. The Hall–Kier alpha value is -4.66. The van der Waals surface area contributed by atoms with Gasteiger partial charge in [0.05, 0.1) is 59.4 Å². The lowest BCUT2D eigenvalue weighted by atomic mass is 9.68. The quantitative estimate of drug-likeness (QED) is 0.0542. The summed E-state index contributed by atoms with van der Waals surface area (Å²) < 4.78 is 58.1. The number of hydrogen-bond acceptors (Lipinski definition) is 12. The number of halogens is 2. The summed E-state index contributed by atoms with van der Waals surface area (Å²) in [4.78, 5) is 28.4. The first-order chi connectivity index (χ1) is 39.1. The van der Waals surface area contributed by atoms with Crippen LogP contribution in [0.15, 0.2) is 72.8 Å². The number of aliphatic hydroxyl groups is 2. The number of nitrogens with zero attached hydrogens (tertiary/aromatic N) is 2. The number of fused-ring (bicyclic) bond motifs is 6. The van der Waals surface area contributed by atoms with Crippen LogP contribution in [0.2, 0.25) is 10.0 Å². The lowest BCUT2D eigenvalue weighted by Crippen LogP contribution is -2.50. The van der Waals surface area contributed by atoms with Crippen LogP contribution in [-0.4, -0.2) is 112 Å². The van der Waals surface area contributed by atoms with Crippen LogP contribution in [0.5, 0.6) is 11.5 Å². The van der Waals surface area contributed by atoms with Crippen LogP contribution in [0, 0.1) is 47.3 Å². The molecule has 0 amide bonds. The van der Waals surface area contributed by atoms with Gasteiger partial charge in [-0.2, -0.15) is 0 Å². The van der Waals surface area contributed by atoms with Gasteiger partial charge in [-0.15, -0.1) is 0 Å². The molecule has 12 rings (SSSR count). The summed E-state index contributed by atoms with van der Waals surface area (Å²) in [5.74, 6) is 1.47. The summed E-state index contributed by atoms with van der Waals surface area (Å²) in [6, 6.07) is 22.5. The van der Waals surface area contributed by atoms with Crippen LogP contribution in [0.4, 0.5) is 11.4 Å². The minimum atomic E-state index is -3.45. The second-order valence-corrected chi connectivity index (χ2v) is 29.8. The highest BCUT2D eigenvalue weighted by atomic mass is 35.5. The maximum absolute atomic E-state index is 11.9. The lowest BCUT2D eigenvalue weighted by Gasteiger charge is -2.46. The number of carboxylic acids is 2. The number of benzene rings is 4. The molecule has 0 unspecified atom stereocenters. The van der Waals surface area contributed by atoms with Gasteiger partial charge in [-0.25, -0.2) is 36.7 Å². The van der Waals surface area contributed by atoms with Gasteiger partial charge < -0.3 is 39.7 Å².